The summed E-state index contributed by atoms with van der Waals surface area (Å²) >= 11 is 0. The fourth-order valence-corrected chi connectivity index (χ4v) is 5.95. The first-order valence-electron chi connectivity index (χ1n) is 9.58. The van der Waals surface area contributed by atoms with E-state index in [1.807, 2.05) is 13.0 Å². The van der Waals surface area contributed by atoms with E-state index in [2.05, 4.69) is 17.0 Å². The number of nitrogens with zero attached hydrogens (tertiary/aromatic N) is 1. The summed E-state index contributed by atoms with van der Waals surface area (Å²) in [7, 11) is 0. The Kier molecular flexibility index (Phi) is 3.45. The summed E-state index contributed by atoms with van der Waals surface area (Å²) in [6.45, 7) is 3.84. The molecule has 4 aliphatic rings. The number of fused-ring (bicyclic) bond motifs is 1. The second kappa shape index (κ2) is 5.45. The molecule has 4 unspecified atom stereocenters. The third-order valence-corrected chi connectivity index (χ3v) is 6.95. The van der Waals surface area contributed by atoms with E-state index in [4.69, 9.17) is 9.47 Å². The largest absolute Gasteiger partial charge is 0.508 e. The number of likely N-dealkylation sites (tertiary alicyclic amines) is 1. The minimum absolute atomic E-state index is 0.0210. The molecule has 0 spiro atoms. The van der Waals surface area contributed by atoms with Crippen molar-refractivity contribution in [2.75, 3.05) is 13.2 Å². The molecule has 4 heteroatoms. The van der Waals surface area contributed by atoms with Gasteiger partial charge in [-0.1, -0.05) is 18.9 Å². The van der Waals surface area contributed by atoms with Crippen LogP contribution in [-0.4, -0.2) is 41.7 Å². The molecule has 1 saturated carbocycles. The molecule has 5 atom stereocenters. The van der Waals surface area contributed by atoms with Crippen molar-refractivity contribution in [2.24, 2.45) is 5.92 Å². The van der Waals surface area contributed by atoms with Gasteiger partial charge in [0, 0.05) is 24.6 Å². The molecule has 2 heterocycles. The summed E-state index contributed by atoms with van der Waals surface area (Å²) in [5, 5.41) is 10.1. The van der Waals surface area contributed by atoms with Crippen LogP contribution in [0.2, 0.25) is 0 Å². The highest BCUT2D eigenvalue weighted by atomic mass is 16.8. The molecule has 0 amide bonds. The Balaban J connectivity index is 1.52. The number of hydrogen-bond acceptors (Lipinski definition) is 4. The van der Waals surface area contributed by atoms with Crippen molar-refractivity contribution in [3.8, 4) is 5.75 Å². The van der Waals surface area contributed by atoms with Gasteiger partial charge in [-0.2, -0.15) is 0 Å². The number of phenolic OH excluding ortho intramolecular Hbond substituents is 1. The fraction of sp³-hybridized carbons (Fsp3) is 0.700. The van der Waals surface area contributed by atoms with Gasteiger partial charge in [-0.15, -0.1) is 0 Å². The van der Waals surface area contributed by atoms with E-state index in [-0.39, 0.29) is 17.9 Å². The molecule has 5 rings (SSSR count). The van der Waals surface area contributed by atoms with Crippen LogP contribution in [0.3, 0.4) is 0 Å². The minimum Gasteiger partial charge on any atom is -0.508 e. The normalized spacial score (nSPS) is 40.7. The standard InChI is InChI=1S/C20H27NO3/c1-2-23-19-18(24-19)21-10-9-20-8-4-3-5-15(20)17(21)11-13-6-7-14(22)12-16(13)20/h6-7,12,15,17-19,22H,2-5,8-11H2,1H3/t15?,17?,18?,19?,20-/m0/s1. The molecule has 130 valence electrons. The Morgan fingerprint density at radius 2 is 2.25 bits per heavy atom. The van der Waals surface area contributed by atoms with Gasteiger partial charge in [0.25, 0.3) is 0 Å². The maximum atomic E-state index is 10.1. The predicted octanol–water partition coefficient (Wildman–Crippen LogP) is 3.17. The zero-order valence-corrected chi connectivity index (χ0v) is 14.4. The number of phenols is 1. The average molecular weight is 329 g/mol. The fourth-order valence-electron chi connectivity index (χ4n) is 5.95. The van der Waals surface area contributed by atoms with Crippen molar-refractivity contribution in [1.29, 1.82) is 0 Å². The smallest absolute Gasteiger partial charge is 0.199 e. The van der Waals surface area contributed by atoms with Gasteiger partial charge in [0.15, 0.2) is 12.5 Å². The van der Waals surface area contributed by atoms with Crippen LogP contribution in [0.5, 0.6) is 5.75 Å². The summed E-state index contributed by atoms with van der Waals surface area (Å²) < 4.78 is 11.5. The van der Waals surface area contributed by atoms with Gasteiger partial charge in [-0.3, -0.25) is 4.90 Å². The molecule has 1 N–H and O–H groups in total. The summed E-state index contributed by atoms with van der Waals surface area (Å²) in [6.07, 6.45) is 7.65. The molecular formula is C20H27NO3. The molecule has 2 aliphatic heterocycles. The maximum Gasteiger partial charge on any atom is 0.199 e. The van der Waals surface area contributed by atoms with Gasteiger partial charge in [-0.25, -0.2) is 0 Å². The second-order valence-corrected chi connectivity index (χ2v) is 7.96. The molecular weight excluding hydrogens is 302 g/mol. The van der Waals surface area contributed by atoms with Crippen molar-refractivity contribution < 1.29 is 14.6 Å². The molecule has 0 aromatic heterocycles. The monoisotopic (exact) mass is 329 g/mol. The molecule has 1 aromatic rings. The lowest BCUT2D eigenvalue weighted by molar-refractivity contribution is -0.0343. The first-order chi connectivity index (χ1) is 11.7. The summed E-state index contributed by atoms with van der Waals surface area (Å²) in [4.78, 5) is 2.59. The van der Waals surface area contributed by atoms with Crippen LogP contribution in [0.15, 0.2) is 18.2 Å². The van der Waals surface area contributed by atoms with E-state index in [1.165, 1.54) is 43.2 Å². The van der Waals surface area contributed by atoms with E-state index in [9.17, 15) is 5.11 Å². The van der Waals surface area contributed by atoms with Gasteiger partial charge in [0.2, 0.25) is 0 Å². The lowest BCUT2D eigenvalue weighted by Crippen LogP contribution is -2.61. The van der Waals surface area contributed by atoms with E-state index in [0.717, 1.165) is 19.6 Å². The zero-order valence-electron chi connectivity index (χ0n) is 14.4. The van der Waals surface area contributed by atoms with Crippen LogP contribution >= 0.6 is 0 Å². The summed E-state index contributed by atoms with van der Waals surface area (Å²) in [5.41, 5.74) is 3.16. The van der Waals surface area contributed by atoms with Crippen molar-refractivity contribution in [3.63, 3.8) is 0 Å². The minimum atomic E-state index is -0.0210. The number of hydrogen-bond donors (Lipinski definition) is 1. The third-order valence-electron chi connectivity index (χ3n) is 6.95. The second-order valence-electron chi connectivity index (χ2n) is 7.96. The van der Waals surface area contributed by atoms with Crippen LogP contribution in [0.1, 0.15) is 50.2 Å². The molecule has 1 aromatic carbocycles. The number of aromatic hydroxyl groups is 1. The lowest BCUT2D eigenvalue weighted by atomic mass is 9.52. The summed E-state index contributed by atoms with van der Waals surface area (Å²) in [6, 6.07) is 6.64. The molecule has 2 bridgehead atoms. The molecule has 24 heavy (non-hydrogen) atoms. The van der Waals surface area contributed by atoms with Gasteiger partial charge < -0.3 is 14.6 Å². The van der Waals surface area contributed by atoms with E-state index >= 15 is 0 Å². The average Bonchev–Trinajstić information content (AvgIpc) is 3.35. The third kappa shape index (κ3) is 2.09. The maximum absolute atomic E-state index is 10.1. The highest BCUT2D eigenvalue weighted by molar-refractivity contribution is 5.45. The number of epoxide rings is 1. The van der Waals surface area contributed by atoms with Gasteiger partial charge in [0.05, 0.1) is 0 Å². The Morgan fingerprint density at radius 1 is 1.33 bits per heavy atom. The van der Waals surface area contributed by atoms with Gasteiger partial charge in [0.1, 0.15) is 5.75 Å². The first kappa shape index (κ1) is 15.2. The molecule has 3 fully saturated rings. The topological polar surface area (TPSA) is 45.2 Å². The van der Waals surface area contributed by atoms with Crippen molar-refractivity contribution in [3.05, 3.63) is 29.3 Å². The zero-order chi connectivity index (χ0) is 16.3. The van der Waals surface area contributed by atoms with Gasteiger partial charge in [-0.05, 0) is 61.8 Å². The van der Waals surface area contributed by atoms with Crippen molar-refractivity contribution >= 4 is 0 Å². The highest BCUT2D eigenvalue weighted by Gasteiger charge is 2.58. The number of ether oxygens (including phenoxy) is 2. The van der Waals surface area contributed by atoms with E-state index in [1.54, 1.807) is 0 Å². The Morgan fingerprint density at radius 3 is 3.12 bits per heavy atom. The number of benzene rings is 1. The van der Waals surface area contributed by atoms with E-state index < -0.39 is 0 Å². The lowest BCUT2D eigenvalue weighted by Gasteiger charge is -2.58. The number of piperidine rings is 1. The highest BCUT2D eigenvalue weighted by Crippen LogP contribution is 2.57. The molecule has 4 nitrogen and oxygen atoms in total. The summed E-state index contributed by atoms with van der Waals surface area (Å²) in [5.74, 6) is 1.12. The van der Waals surface area contributed by atoms with Crippen molar-refractivity contribution in [1.82, 2.24) is 4.90 Å². The Hall–Kier alpha value is -1.10. The molecule has 2 aliphatic carbocycles. The van der Waals surface area contributed by atoms with Crippen molar-refractivity contribution in [2.45, 2.75) is 69.4 Å². The molecule has 2 saturated heterocycles. The van der Waals surface area contributed by atoms with Crippen LogP contribution in [0.25, 0.3) is 0 Å². The first-order valence-corrected chi connectivity index (χ1v) is 9.58. The van der Waals surface area contributed by atoms with Crippen LogP contribution < -0.4 is 0 Å². The van der Waals surface area contributed by atoms with Crippen LogP contribution in [-0.2, 0) is 21.3 Å². The van der Waals surface area contributed by atoms with Gasteiger partial charge >= 0.3 is 0 Å². The predicted molar refractivity (Wildman–Crippen MR) is 90.8 cm³/mol. The Bertz CT molecular complexity index is 648. The van der Waals surface area contributed by atoms with Crippen LogP contribution in [0.4, 0.5) is 0 Å². The quantitative estimate of drug-likeness (QED) is 0.865. The SMILES string of the molecule is CCOC1OC1N1CC[C@@]23CCCCC2C1Cc1ccc(O)cc13. The van der Waals surface area contributed by atoms with Crippen LogP contribution in [0, 0.1) is 5.92 Å². The van der Waals surface area contributed by atoms with E-state index in [0.29, 0.717) is 17.7 Å². The Labute approximate surface area is 143 Å². The number of rotatable bonds is 3. The molecule has 0 radical (unpaired) electrons.